The van der Waals surface area contributed by atoms with Gasteiger partial charge in [0.15, 0.2) is 0 Å². The van der Waals surface area contributed by atoms with Gasteiger partial charge in [0.2, 0.25) is 5.91 Å². The second-order valence-electron chi connectivity index (χ2n) is 5.17. The van der Waals surface area contributed by atoms with Gasteiger partial charge in [-0.1, -0.05) is 48.0 Å². The van der Waals surface area contributed by atoms with Gasteiger partial charge in [0.25, 0.3) is 0 Å². The number of hydrogen-bond acceptors (Lipinski definition) is 2. The number of rotatable bonds is 4. The fourth-order valence-electron chi connectivity index (χ4n) is 2.44. The summed E-state index contributed by atoms with van der Waals surface area (Å²) in [5.41, 5.74) is 1.93. The number of benzene rings is 2. The van der Waals surface area contributed by atoms with Crippen molar-refractivity contribution in [2.75, 3.05) is 0 Å². The van der Waals surface area contributed by atoms with E-state index in [-0.39, 0.29) is 18.5 Å². The van der Waals surface area contributed by atoms with Gasteiger partial charge >= 0.3 is 0 Å². The van der Waals surface area contributed by atoms with E-state index in [9.17, 15) is 4.79 Å². The number of amides is 1. The molecule has 112 valence electrons. The molecule has 0 radical (unpaired) electrons. The van der Waals surface area contributed by atoms with Gasteiger partial charge < -0.3 is 5.32 Å². The topological polar surface area (TPSA) is 46.9 Å². The molecule has 1 N–H and O–H groups in total. The average Bonchev–Trinajstić information content (AvgIpc) is 2.92. The molecule has 0 aliphatic heterocycles. The standard InChI is InChI=1S/C17H16ClN3O/c1-12(13-6-3-2-4-7-13)20-17(22)11-21-16-9-5-8-15(18)14(16)10-19-21/h2-10,12H,11H2,1H3,(H,20,22)/t12-/m0/s1. The Labute approximate surface area is 133 Å². The van der Waals surface area contributed by atoms with Crippen LogP contribution in [-0.2, 0) is 11.3 Å². The number of halogens is 1. The highest BCUT2D eigenvalue weighted by Crippen LogP contribution is 2.22. The predicted molar refractivity (Wildman–Crippen MR) is 87.7 cm³/mol. The molecule has 0 unspecified atom stereocenters. The number of fused-ring (bicyclic) bond motifs is 1. The van der Waals surface area contributed by atoms with Crippen LogP contribution in [0.3, 0.4) is 0 Å². The molecule has 1 amide bonds. The summed E-state index contributed by atoms with van der Waals surface area (Å²) in [4.78, 5) is 12.2. The van der Waals surface area contributed by atoms with E-state index in [0.29, 0.717) is 5.02 Å². The Hall–Kier alpha value is -2.33. The summed E-state index contributed by atoms with van der Waals surface area (Å²) in [5, 5.41) is 8.72. The molecule has 0 saturated carbocycles. The van der Waals surface area contributed by atoms with Crippen LogP contribution in [0.25, 0.3) is 10.9 Å². The fraction of sp³-hybridized carbons (Fsp3) is 0.176. The van der Waals surface area contributed by atoms with Gasteiger partial charge in [-0.15, -0.1) is 0 Å². The van der Waals surface area contributed by atoms with Crippen molar-refractivity contribution in [1.82, 2.24) is 15.1 Å². The van der Waals surface area contributed by atoms with Crippen LogP contribution < -0.4 is 5.32 Å². The van der Waals surface area contributed by atoms with Gasteiger partial charge in [0, 0.05) is 5.39 Å². The number of carbonyl (C=O) groups excluding carboxylic acids is 1. The van der Waals surface area contributed by atoms with Gasteiger partial charge in [0.05, 0.1) is 22.8 Å². The highest BCUT2D eigenvalue weighted by atomic mass is 35.5. The van der Waals surface area contributed by atoms with E-state index in [1.165, 1.54) is 0 Å². The van der Waals surface area contributed by atoms with E-state index in [0.717, 1.165) is 16.5 Å². The number of nitrogens with one attached hydrogen (secondary N) is 1. The molecule has 5 heteroatoms. The third-order valence-electron chi connectivity index (χ3n) is 3.60. The monoisotopic (exact) mass is 313 g/mol. The van der Waals surface area contributed by atoms with Crippen LogP contribution in [0.5, 0.6) is 0 Å². The molecule has 0 fully saturated rings. The maximum absolute atomic E-state index is 12.2. The molecular weight excluding hydrogens is 298 g/mol. The molecule has 3 rings (SSSR count). The Balaban J connectivity index is 1.72. The van der Waals surface area contributed by atoms with Gasteiger partial charge in [-0.3, -0.25) is 9.48 Å². The lowest BCUT2D eigenvalue weighted by Crippen LogP contribution is -2.30. The van der Waals surface area contributed by atoms with Crippen LogP contribution in [0.4, 0.5) is 0 Å². The van der Waals surface area contributed by atoms with E-state index in [4.69, 9.17) is 11.6 Å². The maximum atomic E-state index is 12.2. The Morgan fingerprint density at radius 3 is 2.77 bits per heavy atom. The average molecular weight is 314 g/mol. The van der Waals surface area contributed by atoms with Crippen molar-refractivity contribution in [2.45, 2.75) is 19.5 Å². The molecule has 0 aliphatic rings. The lowest BCUT2D eigenvalue weighted by Gasteiger charge is -2.14. The zero-order valence-electron chi connectivity index (χ0n) is 12.2. The molecule has 0 spiro atoms. The van der Waals surface area contributed by atoms with E-state index in [2.05, 4.69) is 10.4 Å². The molecule has 0 aliphatic carbocycles. The molecule has 0 bridgehead atoms. The third-order valence-corrected chi connectivity index (χ3v) is 3.93. The Kier molecular flexibility index (Phi) is 4.11. The molecule has 22 heavy (non-hydrogen) atoms. The van der Waals surface area contributed by atoms with Crippen LogP contribution in [0.2, 0.25) is 5.02 Å². The first-order chi connectivity index (χ1) is 10.6. The lowest BCUT2D eigenvalue weighted by molar-refractivity contribution is -0.122. The number of nitrogens with zero attached hydrogens (tertiary/aromatic N) is 2. The maximum Gasteiger partial charge on any atom is 0.242 e. The summed E-state index contributed by atoms with van der Waals surface area (Å²) in [6, 6.07) is 15.4. The SMILES string of the molecule is C[C@H](NC(=O)Cn1ncc2c(Cl)cccc21)c1ccccc1. The summed E-state index contributed by atoms with van der Waals surface area (Å²) < 4.78 is 1.66. The quantitative estimate of drug-likeness (QED) is 0.800. The second-order valence-corrected chi connectivity index (χ2v) is 5.58. The van der Waals surface area contributed by atoms with E-state index < -0.39 is 0 Å². The normalized spacial score (nSPS) is 12.3. The number of aromatic nitrogens is 2. The fourth-order valence-corrected chi connectivity index (χ4v) is 2.66. The largest absolute Gasteiger partial charge is 0.348 e. The number of carbonyl (C=O) groups is 1. The van der Waals surface area contributed by atoms with Crippen molar-refractivity contribution in [3.8, 4) is 0 Å². The van der Waals surface area contributed by atoms with Crippen LogP contribution in [0.15, 0.2) is 54.7 Å². The first kappa shape index (κ1) is 14.6. The molecule has 2 aromatic carbocycles. The molecule has 3 aromatic rings. The van der Waals surface area contributed by atoms with Crippen LogP contribution in [0.1, 0.15) is 18.5 Å². The van der Waals surface area contributed by atoms with Gasteiger partial charge in [0.1, 0.15) is 6.54 Å². The van der Waals surface area contributed by atoms with Crippen molar-refractivity contribution < 1.29 is 4.79 Å². The van der Waals surface area contributed by atoms with Crippen LogP contribution in [-0.4, -0.2) is 15.7 Å². The second kappa shape index (κ2) is 6.20. The van der Waals surface area contributed by atoms with E-state index in [1.807, 2.05) is 55.5 Å². The molecule has 4 nitrogen and oxygen atoms in total. The smallest absolute Gasteiger partial charge is 0.242 e. The molecule has 1 aromatic heterocycles. The van der Waals surface area contributed by atoms with E-state index >= 15 is 0 Å². The Bertz CT molecular complexity index is 798. The minimum atomic E-state index is -0.0821. The Morgan fingerprint density at radius 2 is 2.00 bits per heavy atom. The minimum Gasteiger partial charge on any atom is -0.348 e. The van der Waals surface area contributed by atoms with Crippen molar-refractivity contribution >= 4 is 28.4 Å². The summed E-state index contributed by atoms with van der Waals surface area (Å²) >= 11 is 6.12. The summed E-state index contributed by atoms with van der Waals surface area (Å²) in [6.45, 7) is 2.13. The highest BCUT2D eigenvalue weighted by molar-refractivity contribution is 6.35. The summed E-state index contributed by atoms with van der Waals surface area (Å²) in [5.74, 6) is -0.0821. The van der Waals surface area contributed by atoms with Crippen LogP contribution >= 0.6 is 11.6 Å². The van der Waals surface area contributed by atoms with Crippen LogP contribution in [0, 0.1) is 0 Å². The first-order valence-electron chi connectivity index (χ1n) is 7.09. The minimum absolute atomic E-state index is 0.0425. The Morgan fingerprint density at radius 1 is 1.23 bits per heavy atom. The zero-order valence-corrected chi connectivity index (χ0v) is 12.9. The van der Waals surface area contributed by atoms with E-state index in [1.54, 1.807) is 10.9 Å². The molecule has 1 heterocycles. The van der Waals surface area contributed by atoms with Gasteiger partial charge in [-0.25, -0.2) is 0 Å². The first-order valence-corrected chi connectivity index (χ1v) is 7.47. The highest BCUT2D eigenvalue weighted by Gasteiger charge is 2.12. The van der Waals surface area contributed by atoms with Crippen molar-refractivity contribution in [2.24, 2.45) is 0 Å². The van der Waals surface area contributed by atoms with Gasteiger partial charge in [-0.05, 0) is 24.6 Å². The molecule has 0 saturated heterocycles. The molecular formula is C17H16ClN3O. The predicted octanol–water partition coefficient (Wildman–Crippen LogP) is 3.57. The third kappa shape index (κ3) is 2.97. The lowest BCUT2D eigenvalue weighted by atomic mass is 10.1. The number of hydrogen-bond donors (Lipinski definition) is 1. The summed E-state index contributed by atoms with van der Waals surface area (Å²) in [7, 11) is 0. The van der Waals surface area contributed by atoms with Crippen molar-refractivity contribution in [1.29, 1.82) is 0 Å². The zero-order chi connectivity index (χ0) is 15.5. The van der Waals surface area contributed by atoms with Crippen molar-refractivity contribution in [3.05, 3.63) is 65.3 Å². The van der Waals surface area contributed by atoms with Gasteiger partial charge in [-0.2, -0.15) is 5.10 Å². The molecule has 1 atom stereocenters. The summed E-state index contributed by atoms with van der Waals surface area (Å²) in [6.07, 6.45) is 1.69. The van der Waals surface area contributed by atoms with Crippen molar-refractivity contribution in [3.63, 3.8) is 0 Å².